The molecule has 2 fully saturated rings. The number of piperidine rings is 1. The summed E-state index contributed by atoms with van der Waals surface area (Å²) in [5.74, 6) is 0.608. The summed E-state index contributed by atoms with van der Waals surface area (Å²) in [5, 5.41) is 3.05. The molecule has 36 heavy (non-hydrogen) atoms. The highest BCUT2D eigenvalue weighted by atomic mass is 16.2. The number of carbonyl (C=O) groups excluding carboxylic acids is 3. The summed E-state index contributed by atoms with van der Waals surface area (Å²) in [6.45, 7) is 7.22. The first-order valence-corrected chi connectivity index (χ1v) is 13.3. The Balaban J connectivity index is 1.24. The number of carbonyl (C=O) groups is 3. The normalized spacial score (nSPS) is 20.8. The van der Waals surface area contributed by atoms with Gasteiger partial charge >= 0.3 is 0 Å². The quantitative estimate of drug-likeness (QED) is 0.604. The van der Waals surface area contributed by atoms with Crippen LogP contribution in [0.5, 0.6) is 0 Å². The number of hydrogen-bond donors (Lipinski definition) is 1. The van der Waals surface area contributed by atoms with Crippen molar-refractivity contribution in [3.05, 3.63) is 65.2 Å². The Morgan fingerprint density at radius 1 is 1.00 bits per heavy atom. The molecule has 7 heteroatoms. The van der Waals surface area contributed by atoms with Crippen molar-refractivity contribution in [2.24, 2.45) is 5.92 Å². The number of nitrogens with zero attached hydrogens (tertiary/aromatic N) is 3. The van der Waals surface area contributed by atoms with E-state index in [-0.39, 0.29) is 17.7 Å². The van der Waals surface area contributed by atoms with Crippen molar-refractivity contribution in [2.45, 2.75) is 51.6 Å². The minimum Gasteiger partial charge on any atom is -0.352 e. The van der Waals surface area contributed by atoms with Gasteiger partial charge in [-0.25, -0.2) is 0 Å². The summed E-state index contributed by atoms with van der Waals surface area (Å²) in [4.78, 5) is 45.4. The van der Waals surface area contributed by atoms with Gasteiger partial charge in [0.15, 0.2) is 0 Å². The predicted molar refractivity (Wildman–Crippen MR) is 140 cm³/mol. The Kier molecular flexibility index (Phi) is 7.37. The largest absolute Gasteiger partial charge is 0.352 e. The van der Waals surface area contributed by atoms with Crippen LogP contribution in [0.1, 0.15) is 65.3 Å². The van der Waals surface area contributed by atoms with Crippen LogP contribution in [-0.2, 0) is 11.3 Å². The second-order valence-electron chi connectivity index (χ2n) is 10.4. The minimum atomic E-state index is -0.417. The summed E-state index contributed by atoms with van der Waals surface area (Å²) in [6, 6.07) is 14.4. The number of para-hydroxylation sites is 1. The number of anilines is 1. The van der Waals surface area contributed by atoms with E-state index < -0.39 is 6.04 Å². The molecule has 0 bridgehead atoms. The molecule has 0 spiro atoms. The summed E-state index contributed by atoms with van der Waals surface area (Å²) in [6.07, 6.45) is 4.98. The van der Waals surface area contributed by atoms with Crippen molar-refractivity contribution in [3.63, 3.8) is 0 Å². The van der Waals surface area contributed by atoms with Gasteiger partial charge in [0.25, 0.3) is 11.8 Å². The van der Waals surface area contributed by atoms with Crippen LogP contribution in [0.25, 0.3) is 0 Å². The van der Waals surface area contributed by atoms with Crippen molar-refractivity contribution in [2.75, 3.05) is 37.6 Å². The van der Waals surface area contributed by atoms with Crippen LogP contribution < -0.4 is 10.2 Å². The standard InChI is InChI=1S/C29H36N4O3/c1-21-12-17-31(18-13-21)15-6-14-30-27(34)23-8-4-7-22(19-23)20-33-25-10-3-2-9-24(25)28(35)32-16-5-11-26(32)29(33)36/h2-4,7-10,19,21,26H,5-6,11-18,20H2,1H3,(H,30,34)/t26-/m0/s1. The molecule has 2 aromatic rings. The Morgan fingerprint density at radius 3 is 2.64 bits per heavy atom. The fraction of sp³-hybridized carbons (Fsp3) is 0.483. The van der Waals surface area contributed by atoms with Gasteiger partial charge in [-0.05, 0) is 87.5 Å². The molecule has 3 heterocycles. The van der Waals surface area contributed by atoms with Crippen molar-refractivity contribution in [3.8, 4) is 0 Å². The van der Waals surface area contributed by atoms with E-state index in [9.17, 15) is 14.4 Å². The molecule has 5 rings (SSSR count). The van der Waals surface area contributed by atoms with Crippen LogP contribution in [0.3, 0.4) is 0 Å². The third-order valence-electron chi connectivity index (χ3n) is 7.83. The second kappa shape index (κ2) is 10.8. The van der Waals surface area contributed by atoms with Crippen LogP contribution in [0.4, 0.5) is 5.69 Å². The fourth-order valence-electron chi connectivity index (χ4n) is 5.66. The van der Waals surface area contributed by atoms with E-state index in [1.807, 2.05) is 42.5 Å². The number of fused-ring (bicyclic) bond motifs is 2. The third-order valence-corrected chi connectivity index (χ3v) is 7.83. The SMILES string of the molecule is CC1CCN(CCCNC(=O)c2cccc(CN3C(=O)[C@@H]4CCCN4C(=O)c4ccccc43)c2)CC1. The Morgan fingerprint density at radius 2 is 1.81 bits per heavy atom. The van der Waals surface area contributed by atoms with Crippen molar-refractivity contribution in [1.82, 2.24) is 15.1 Å². The van der Waals surface area contributed by atoms with Gasteiger partial charge in [0.1, 0.15) is 6.04 Å². The van der Waals surface area contributed by atoms with E-state index in [1.165, 1.54) is 12.8 Å². The number of likely N-dealkylation sites (tertiary alicyclic amines) is 1. The zero-order valence-electron chi connectivity index (χ0n) is 21.1. The highest BCUT2D eigenvalue weighted by Gasteiger charge is 2.41. The zero-order chi connectivity index (χ0) is 25.1. The highest BCUT2D eigenvalue weighted by Crippen LogP contribution is 2.33. The molecular weight excluding hydrogens is 452 g/mol. The van der Waals surface area contributed by atoms with E-state index in [4.69, 9.17) is 0 Å². The van der Waals surface area contributed by atoms with Gasteiger partial charge in [0, 0.05) is 18.7 Å². The predicted octanol–water partition coefficient (Wildman–Crippen LogP) is 3.69. The molecule has 3 amide bonds. The third kappa shape index (κ3) is 5.16. The molecule has 3 aliphatic rings. The number of benzene rings is 2. The molecule has 0 aromatic heterocycles. The van der Waals surface area contributed by atoms with Gasteiger partial charge in [-0.3, -0.25) is 14.4 Å². The molecule has 2 saturated heterocycles. The molecule has 1 atom stereocenters. The number of hydrogen-bond acceptors (Lipinski definition) is 4. The average molecular weight is 489 g/mol. The van der Waals surface area contributed by atoms with Crippen LogP contribution in [-0.4, -0.2) is 66.3 Å². The van der Waals surface area contributed by atoms with Gasteiger partial charge < -0.3 is 20.0 Å². The highest BCUT2D eigenvalue weighted by molar-refractivity contribution is 6.11. The van der Waals surface area contributed by atoms with Crippen LogP contribution in [0.2, 0.25) is 0 Å². The van der Waals surface area contributed by atoms with E-state index in [0.717, 1.165) is 44.0 Å². The number of rotatable bonds is 7. The molecule has 0 unspecified atom stereocenters. The number of amides is 3. The molecular formula is C29H36N4O3. The van der Waals surface area contributed by atoms with Crippen LogP contribution in [0.15, 0.2) is 48.5 Å². The maximum Gasteiger partial charge on any atom is 0.256 e. The van der Waals surface area contributed by atoms with Crippen LogP contribution in [0, 0.1) is 5.92 Å². The fourth-order valence-corrected chi connectivity index (χ4v) is 5.66. The lowest BCUT2D eigenvalue weighted by Gasteiger charge is -2.30. The average Bonchev–Trinajstić information content (AvgIpc) is 3.38. The Bertz CT molecular complexity index is 1130. The lowest BCUT2D eigenvalue weighted by molar-refractivity contribution is -0.122. The van der Waals surface area contributed by atoms with Crippen LogP contribution >= 0.6 is 0 Å². The first-order valence-electron chi connectivity index (χ1n) is 13.3. The molecule has 0 aliphatic carbocycles. The van der Waals surface area contributed by atoms with E-state index >= 15 is 0 Å². The molecule has 2 aromatic carbocycles. The van der Waals surface area contributed by atoms with Gasteiger partial charge in [-0.15, -0.1) is 0 Å². The molecule has 3 aliphatic heterocycles. The summed E-state index contributed by atoms with van der Waals surface area (Å²) in [7, 11) is 0. The van der Waals surface area contributed by atoms with Gasteiger partial charge in [-0.2, -0.15) is 0 Å². The van der Waals surface area contributed by atoms with Crippen molar-refractivity contribution < 1.29 is 14.4 Å². The molecule has 1 N–H and O–H groups in total. The zero-order valence-corrected chi connectivity index (χ0v) is 21.1. The first kappa shape index (κ1) is 24.5. The maximum absolute atomic E-state index is 13.5. The summed E-state index contributed by atoms with van der Waals surface area (Å²) < 4.78 is 0. The Labute approximate surface area is 213 Å². The molecule has 0 saturated carbocycles. The minimum absolute atomic E-state index is 0.0484. The smallest absolute Gasteiger partial charge is 0.256 e. The first-order chi connectivity index (χ1) is 17.5. The summed E-state index contributed by atoms with van der Waals surface area (Å²) in [5.41, 5.74) is 2.66. The van der Waals surface area contributed by atoms with E-state index in [1.54, 1.807) is 15.9 Å². The lowest BCUT2D eigenvalue weighted by Crippen LogP contribution is -2.44. The molecule has 190 valence electrons. The monoisotopic (exact) mass is 488 g/mol. The maximum atomic E-state index is 13.5. The lowest BCUT2D eigenvalue weighted by atomic mass is 9.99. The van der Waals surface area contributed by atoms with Gasteiger partial charge in [0.05, 0.1) is 17.8 Å². The van der Waals surface area contributed by atoms with Gasteiger partial charge in [-0.1, -0.05) is 31.2 Å². The molecule has 7 nitrogen and oxygen atoms in total. The van der Waals surface area contributed by atoms with Crippen molar-refractivity contribution >= 4 is 23.4 Å². The Hall–Kier alpha value is -3.19. The van der Waals surface area contributed by atoms with E-state index in [2.05, 4.69) is 17.1 Å². The number of nitrogens with one attached hydrogen (secondary N) is 1. The van der Waals surface area contributed by atoms with E-state index in [0.29, 0.717) is 42.9 Å². The topological polar surface area (TPSA) is 73.0 Å². The van der Waals surface area contributed by atoms with Gasteiger partial charge in [0.2, 0.25) is 5.91 Å². The molecule has 0 radical (unpaired) electrons. The second-order valence-corrected chi connectivity index (χ2v) is 10.4. The van der Waals surface area contributed by atoms with Crippen molar-refractivity contribution in [1.29, 1.82) is 0 Å². The summed E-state index contributed by atoms with van der Waals surface area (Å²) >= 11 is 0.